The molecule has 0 aliphatic carbocycles. The van der Waals surface area contributed by atoms with Crippen molar-refractivity contribution in [3.05, 3.63) is 56.5 Å². The maximum absolute atomic E-state index is 12.6. The first-order chi connectivity index (χ1) is 12.4. The molecule has 0 saturated heterocycles. The number of unbranched alkanes of at least 4 members (excludes halogenated alkanes) is 1. The standard InChI is InChI=1S/C19H20Br2N2O2S/c1-3-4-9-25-17-8-6-13(20)11-14(17)18(24)23-19(26)22-16-7-5-12(2)10-15(16)21/h5-8,10-11H,3-4,9H2,1-2H3,(H2,22,23,24,26). The van der Waals surface area contributed by atoms with Gasteiger partial charge in [-0.1, -0.05) is 35.3 Å². The normalized spacial score (nSPS) is 10.3. The van der Waals surface area contributed by atoms with E-state index in [-0.39, 0.29) is 11.0 Å². The second kappa shape index (κ2) is 10.0. The number of nitrogens with one attached hydrogen (secondary N) is 2. The van der Waals surface area contributed by atoms with Gasteiger partial charge in [0, 0.05) is 8.95 Å². The van der Waals surface area contributed by atoms with Crippen molar-refractivity contribution in [1.82, 2.24) is 5.32 Å². The molecule has 0 aliphatic heterocycles. The number of hydrogen-bond donors (Lipinski definition) is 2. The second-order valence-electron chi connectivity index (χ2n) is 5.73. The van der Waals surface area contributed by atoms with Gasteiger partial charge in [-0.15, -0.1) is 0 Å². The number of carbonyl (C=O) groups excluding carboxylic acids is 1. The van der Waals surface area contributed by atoms with Gasteiger partial charge in [0.2, 0.25) is 0 Å². The lowest BCUT2D eigenvalue weighted by Gasteiger charge is -2.14. The van der Waals surface area contributed by atoms with Crippen LogP contribution in [0.4, 0.5) is 5.69 Å². The van der Waals surface area contributed by atoms with E-state index in [9.17, 15) is 4.79 Å². The lowest BCUT2D eigenvalue weighted by molar-refractivity contribution is 0.0973. The molecule has 0 atom stereocenters. The smallest absolute Gasteiger partial charge is 0.261 e. The fourth-order valence-electron chi connectivity index (χ4n) is 2.18. The molecule has 0 heterocycles. The van der Waals surface area contributed by atoms with E-state index >= 15 is 0 Å². The molecular formula is C19H20Br2N2O2S. The molecule has 2 N–H and O–H groups in total. The third-order valence-corrected chi connectivity index (χ3v) is 4.90. The highest BCUT2D eigenvalue weighted by Gasteiger charge is 2.15. The quantitative estimate of drug-likeness (QED) is 0.388. The molecule has 0 aliphatic rings. The minimum absolute atomic E-state index is 0.221. The van der Waals surface area contributed by atoms with E-state index in [1.54, 1.807) is 12.1 Å². The highest BCUT2D eigenvalue weighted by molar-refractivity contribution is 9.10. The Morgan fingerprint density at radius 2 is 1.96 bits per heavy atom. The zero-order chi connectivity index (χ0) is 19.1. The Bertz CT molecular complexity index is 812. The highest BCUT2D eigenvalue weighted by atomic mass is 79.9. The van der Waals surface area contributed by atoms with E-state index in [1.807, 2.05) is 31.2 Å². The fraction of sp³-hybridized carbons (Fsp3) is 0.263. The van der Waals surface area contributed by atoms with Crippen molar-refractivity contribution in [3.8, 4) is 5.75 Å². The lowest BCUT2D eigenvalue weighted by Crippen LogP contribution is -2.34. The van der Waals surface area contributed by atoms with Crippen LogP contribution < -0.4 is 15.4 Å². The summed E-state index contributed by atoms with van der Waals surface area (Å²) in [6, 6.07) is 11.2. The Kier molecular flexibility index (Phi) is 8.06. The summed E-state index contributed by atoms with van der Waals surface area (Å²) in [6.45, 7) is 4.66. The summed E-state index contributed by atoms with van der Waals surface area (Å²) >= 11 is 12.1. The van der Waals surface area contributed by atoms with Crippen molar-refractivity contribution in [3.63, 3.8) is 0 Å². The van der Waals surface area contributed by atoms with Gasteiger partial charge in [0.25, 0.3) is 5.91 Å². The number of benzene rings is 2. The SMILES string of the molecule is CCCCOc1ccc(Br)cc1C(=O)NC(=S)Nc1ccc(C)cc1Br. The van der Waals surface area contributed by atoms with Gasteiger partial charge in [-0.2, -0.15) is 0 Å². The van der Waals surface area contributed by atoms with Gasteiger partial charge < -0.3 is 10.1 Å². The fourth-order valence-corrected chi connectivity index (χ4v) is 3.33. The molecule has 0 unspecified atom stereocenters. The largest absolute Gasteiger partial charge is 0.493 e. The van der Waals surface area contributed by atoms with Crippen LogP contribution in [0.3, 0.4) is 0 Å². The number of thiocarbonyl (C=S) groups is 1. The first-order valence-corrected chi connectivity index (χ1v) is 10.2. The Labute approximate surface area is 176 Å². The Hall–Kier alpha value is -1.44. The van der Waals surface area contributed by atoms with Crippen LogP contribution >= 0.6 is 44.1 Å². The van der Waals surface area contributed by atoms with Gasteiger partial charge >= 0.3 is 0 Å². The average Bonchev–Trinajstić information content (AvgIpc) is 2.58. The maximum atomic E-state index is 12.6. The van der Waals surface area contributed by atoms with Crippen LogP contribution in [0.15, 0.2) is 45.3 Å². The van der Waals surface area contributed by atoms with Crippen molar-refractivity contribution in [2.75, 3.05) is 11.9 Å². The van der Waals surface area contributed by atoms with E-state index in [4.69, 9.17) is 17.0 Å². The molecule has 0 saturated carbocycles. The van der Waals surface area contributed by atoms with Crippen LogP contribution in [0.25, 0.3) is 0 Å². The van der Waals surface area contributed by atoms with Gasteiger partial charge in [-0.3, -0.25) is 10.1 Å². The second-order valence-corrected chi connectivity index (χ2v) is 7.91. The number of rotatable bonds is 6. The molecule has 0 radical (unpaired) electrons. The van der Waals surface area contributed by atoms with Crippen LogP contribution in [0.2, 0.25) is 0 Å². The van der Waals surface area contributed by atoms with Crippen LogP contribution in [-0.2, 0) is 0 Å². The minimum atomic E-state index is -0.321. The van der Waals surface area contributed by atoms with Gasteiger partial charge in [0.1, 0.15) is 5.75 Å². The molecule has 2 aromatic carbocycles. The highest BCUT2D eigenvalue weighted by Crippen LogP contribution is 2.25. The predicted molar refractivity (Wildman–Crippen MR) is 117 cm³/mol. The van der Waals surface area contributed by atoms with Crippen LogP contribution in [-0.4, -0.2) is 17.6 Å². The third-order valence-electron chi connectivity index (χ3n) is 3.54. The summed E-state index contributed by atoms with van der Waals surface area (Å²) in [4.78, 5) is 12.6. The minimum Gasteiger partial charge on any atom is -0.493 e. The Morgan fingerprint density at radius 1 is 1.19 bits per heavy atom. The third kappa shape index (κ3) is 6.07. The van der Waals surface area contributed by atoms with Crippen molar-refractivity contribution < 1.29 is 9.53 Å². The van der Waals surface area contributed by atoms with E-state index in [0.29, 0.717) is 17.9 Å². The topological polar surface area (TPSA) is 50.4 Å². The first kappa shape index (κ1) is 20.9. The van der Waals surface area contributed by atoms with Crippen molar-refractivity contribution in [1.29, 1.82) is 0 Å². The Balaban J connectivity index is 2.08. The van der Waals surface area contributed by atoms with E-state index in [2.05, 4.69) is 49.4 Å². The summed E-state index contributed by atoms with van der Waals surface area (Å²) in [7, 11) is 0. The molecule has 2 rings (SSSR count). The number of carbonyl (C=O) groups is 1. The Morgan fingerprint density at radius 3 is 2.65 bits per heavy atom. The lowest BCUT2D eigenvalue weighted by atomic mass is 10.2. The molecule has 0 spiro atoms. The number of halogens is 2. The molecule has 0 fully saturated rings. The number of amides is 1. The van der Waals surface area contributed by atoms with Crippen molar-refractivity contribution in [2.24, 2.45) is 0 Å². The summed E-state index contributed by atoms with van der Waals surface area (Å²) in [6.07, 6.45) is 1.95. The van der Waals surface area contributed by atoms with Gasteiger partial charge in [-0.05, 0) is 77.4 Å². The van der Waals surface area contributed by atoms with Gasteiger partial charge in [0.15, 0.2) is 5.11 Å². The van der Waals surface area contributed by atoms with Gasteiger partial charge in [-0.25, -0.2) is 0 Å². The number of aryl methyl sites for hydroxylation is 1. The molecule has 1 amide bonds. The summed E-state index contributed by atoms with van der Waals surface area (Å²) in [5.74, 6) is 0.219. The molecule has 138 valence electrons. The molecular weight excluding hydrogens is 480 g/mol. The summed E-state index contributed by atoms with van der Waals surface area (Å²) in [5, 5.41) is 5.95. The molecule has 2 aromatic rings. The van der Waals surface area contributed by atoms with Crippen LogP contribution in [0.1, 0.15) is 35.7 Å². The van der Waals surface area contributed by atoms with E-state index in [1.165, 1.54) is 0 Å². The number of anilines is 1. The zero-order valence-corrected chi connectivity index (χ0v) is 18.6. The first-order valence-electron chi connectivity index (χ1n) is 8.21. The summed E-state index contributed by atoms with van der Waals surface area (Å²) < 4.78 is 7.41. The van der Waals surface area contributed by atoms with E-state index in [0.717, 1.165) is 33.0 Å². The molecule has 7 heteroatoms. The number of ether oxygens (including phenoxy) is 1. The molecule has 0 bridgehead atoms. The van der Waals surface area contributed by atoms with Crippen LogP contribution in [0, 0.1) is 6.92 Å². The molecule has 4 nitrogen and oxygen atoms in total. The molecule has 0 aromatic heterocycles. The average molecular weight is 500 g/mol. The predicted octanol–water partition coefficient (Wildman–Crippen LogP) is 5.83. The molecule has 26 heavy (non-hydrogen) atoms. The summed E-state index contributed by atoms with van der Waals surface area (Å²) in [5.41, 5.74) is 2.34. The van der Waals surface area contributed by atoms with E-state index < -0.39 is 0 Å². The zero-order valence-electron chi connectivity index (χ0n) is 14.6. The van der Waals surface area contributed by atoms with Crippen molar-refractivity contribution in [2.45, 2.75) is 26.7 Å². The van der Waals surface area contributed by atoms with Crippen molar-refractivity contribution >= 4 is 60.8 Å². The van der Waals surface area contributed by atoms with Gasteiger partial charge in [0.05, 0.1) is 17.9 Å². The number of hydrogen-bond acceptors (Lipinski definition) is 3. The van der Waals surface area contributed by atoms with Crippen LogP contribution in [0.5, 0.6) is 5.75 Å². The monoisotopic (exact) mass is 498 g/mol. The maximum Gasteiger partial charge on any atom is 0.261 e.